The number of nitrogens with one attached hydrogen (secondary N) is 2. The summed E-state index contributed by atoms with van der Waals surface area (Å²) >= 11 is 5.81. The van der Waals surface area contributed by atoms with Crippen molar-refractivity contribution in [1.29, 1.82) is 0 Å². The third-order valence-corrected chi connectivity index (χ3v) is 3.56. The predicted octanol–water partition coefficient (Wildman–Crippen LogP) is 3.69. The smallest absolute Gasteiger partial charge is 0.315 e. The normalized spacial score (nSPS) is 10.2. The molecule has 0 unspecified atom stereocenters. The van der Waals surface area contributed by atoms with Crippen molar-refractivity contribution in [3.8, 4) is 0 Å². The first-order valence-corrected chi connectivity index (χ1v) is 7.33. The van der Waals surface area contributed by atoms with Crippen molar-refractivity contribution in [3.05, 3.63) is 70.2 Å². The van der Waals surface area contributed by atoms with Gasteiger partial charge in [-0.2, -0.15) is 0 Å². The number of urea groups is 1. The van der Waals surface area contributed by atoms with Crippen LogP contribution in [-0.4, -0.2) is 12.6 Å². The molecule has 21 heavy (non-hydrogen) atoms. The maximum Gasteiger partial charge on any atom is 0.315 e. The van der Waals surface area contributed by atoms with Gasteiger partial charge in [0.2, 0.25) is 0 Å². The van der Waals surface area contributed by atoms with Crippen LogP contribution in [0.1, 0.15) is 16.7 Å². The highest BCUT2D eigenvalue weighted by atomic mass is 35.5. The van der Waals surface area contributed by atoms with Crippen molar-refractivity contribution in [2.24, 2.45) is 0 Å². The van der Waals surface area contributed by atoms with Gasteiger partial charge in [-0.05, 0) is 42.2 Å². The Morgan fingerprint density at radius 1 is 1.05 bits per heavy atom. The summed E-state index contributed by atoms with van der Waals surface area (Å²) in [4.78, 5) is 11.7. The Kier molecular flexibility index (Phi) is 5.64. The fourth-order valence-electron chi connectivity index (χ4n) is 2.05. The Labute approximate surface area is 130 Å². The van der Waals surface area contributed by atoms with Gasteiger partial charge in [0.25, 0.3) is 0 Å². The van der Waals surface area contributed by atoms with Gasteiger partial charge in [-0.3, -0.25) is 0 Å². The Bertz CT molecular complexity index is 596. The molecule has 2 N–H and O–H groups in total. The van der Waals surface area contributed by atoms with Crippen LogP contribution in [0.5, 0.6) is 0 Å². The van der Waals surface area contributed by atoms with E-state index in [-0.39, 0.29) is 6.03 Å². The summed E-state index contributed by atoms with van der Waals surface area (Å²) in [5.41, 5.74) is 3.53. The standard InChI is InChI=1S/C17H19ClN2O/c1-13-4-2-3-5-15(13)10-11-19-17(21)20-12-14-6-8-16(18)9-7-14/h2-9H,10-12H2,1H3,(H2,19,20,21). The number of rotatable bonds is 5. The van der Waals surface area contributed by atoms with Gasteiger partial charge in [0.05, 0.1) is 0 Å². The summed E-state index contributed by atoms with van der Waals surface area (Å²) in [6.45, 7) is 3.20. The molecule has 0 heterocycles. The summed E-state index contributed by atoms with van der Waals surface area (Å²) in [5.74, 6) is 0. The molecule has 2 aromatic rings. The predicted molar refractivity (Wildman–Crippen MR) is 86.6 cm³/mol. The van der Waals surface area contributed by atoms with Crippen molar-refractivity contribution >= 4 is 17.6 Å². The molecule has 2 rings (SSSR count). The number of hydrogen-bond acceptors (Lipinski definition) is 1. The Balaban J connectivity index is 1.70. The van der Waals surface area contributed by atoms with Crippen LogP contribution in [0.3, 0.4) is 0 Å². The van der Waals surface area contributed by atoms with Crippen molar-refractivity contribution in [1.82, 2.24) is 10.6 Å². The Hall–Kier alpha value is -2.00. The summed E-state index contributed by atoms with van der Waals surface area (Å²) in [7, 11) is 0. The Morgan fingerprint density at radius 3 is 2.48 bits per heavy atom. The van der Waals surface area contributed by atoms with Gasteiger partial charge in [-0.15, -0.1) is 0 Å². The molecule has 0 aliphatic heterocycles. The number of hydrogen-bond donors (Lipinski definition) is 2. The fourth-order valence-corrected chi connectivity index (χ4v) is 2.17. The number of amides is 2. The summed E-state index contributed by atoms with van der Waals surface area (Å²) in [6.07, 6.45) is 0.834. The van der Waals surface area contributed by atoms with E-state index >= 15 is 0 Å². The van der Waals surface area contributed by atoms with E-state index in [9.17, 15) is 4.79 Å². The number of benzene rings is 2. The summed E-state index contributed by atoms with van der Waals surface area (Å²) < 4.78 is 0. The van der Waals surface area contributed by atoms with E-state index in [0.717, 1.165) is 12.0 Å². The van der Waals surface area contributed by atoms with Crippen LogP contribution in [0.2, 0.25) is 5.02 Å². The molecule has 0 bridgehead atoms. The molecule has 0 saturated carbocycles. The maximum absolute atomic E-state index is 11.7. The molecular formula is C17H19ClN2O. The highest BCUT2D eigenvalue weighted by Crippen LogP contribution is 2.09. The van der Waals surface area contributed by atoms with Crippen LogP contribution >= 0.6 is 11.6 Å². The molecule has 0 saturated heterocycles. The zero-order chi connectivity index (χ0) is 15.1. The van der Waals surface area contributed by atoms with Crippen molar-refractivity contribution in [2.75, 3.05) is 6.54 Å². The molecule has 110 valence electrons. The zero-order valence-corrected chi connectivity index (χ0v) is 12.8. The highest BCUT2D eigenvalue weighted by Gasteiger charge is 2.01. The monoisotopic (exact) mass is 302 g/mol. The molecular weight excluding hydrogens is 284 g/mol. The van der Waals surface area contributed by atoms with E-state index < -0.39 is 0 Å². The molecule has 2 aromatic carbocycles. The van der Waals surface area contributed by atoms with E-state index in [1.54, 1.807) is 0 Å². The molecule has 0 aliphatic rings. The van der Waals surface area contributed by atoms with Gasteiger partial charge in [0.1, 0.15) is 0 Å². The SMILES string of the molecule is Cc1ccccc1CCNC(=O)NCc1ccc(Cl)cc1. The minimum absolute atomic E-state index is 0.154. The summed E-state index contributed by atoms with van der Waals surface area (Å²) in [6, 6.07) is 15.5. The number of halogens is 1. The second-order valence-electron chi connectivity index (χ2n) is 4.91. The van der Waals surface area contributed by atoms with Crippen LogP contribution in [-0.2, 0) is 13.0 Å². The minimum atomic E-state index is -0.154. The molecule has 0 fully saturated rings. The lowest BCUT2D eigenvalue weighted by molar-refractivity contribution is 0.240. The molecule has 0 spiro atoms. The van der Waals surface area contributed by atoms with E-state index in [2.05, 4.69) is 29.7 Å². The topological polar surface area (TPSA) is 41.1 Å². The quantitative estimate of drug-likeness (QED) is 0.869. The van der Waals surface area contributed by atoms with Gasteiger partial charge < -0.3 is 10.6 Å². The largest absolute Gasteiger partial charge is 0.338 e. The van der Waals surface area contributed by atoms with Crippen LogP contribution in [0.25, 0.3) is 0 Å². The van der Waals surface area contributed by atoms with Crippen molar-refractivity contribution in [3.63, 3.8) is 0 Å². The van der Waals surface area contributed by atoms with Crippen LogP contribution in [0.15, 0.2) is 48.5 Å². The third-order valence-electron chi connectivity index (χ3n) is 3.31. The minimum Gasteiger partial charge on any atom is -0.338 e. The van der Waals surface area contributed by atoms with Crippen LogP contribution in [0, 0.1) is 6.92 Å². The average Bonchev–Trinajstić information content (AvgIpc) is 2.49. The van der Waals surface area contributed by atoms with E-state index in [1.807, 2.05) is 36.4 Å². The van der Waals surface area contributed by atoms with Gasteiger partial charge in [0.15, 0.2) is 0 Å². The highest BCUT2D eigenvalue weighted by molar-refractivity contribution is 6.30. The lowest BCUT2D eigenvalue weighted by Gasteiger charge is -2.09. The number of aryl methyl sites for hydroxylation is 1. The molecule has 3 nitrogen and oxygen atoms in total. The zero-order valence-electron chi connectivity index (χ0n) is 12.0. The maximum atomic E-state index is 11.7. The third kappa shape index (κ3) is 5.12. The Morgan fingerprint density at radius 2 is 1.76 bits per heavy atom. The molecule has 4 heteroatoms. The van der Waals surface area contributed by atoms with E-state index in [0.29, 0.717) is 18.1 Å². The molecule has 0 radical (unpaired) electrons. The molecule has 2 amide bonds. The van der Waals surface area contributed by atoms with Gasteiger partial charge in [0, 0.05) is 18.1 Å². The van der Waals surface area contributed by atoms with Gasteiger partial charge >= 0.3 is 6.03 Å². The molecule has 0 aliphatic carbocycles. The second kappa shape index (κ2) is 7.70. The van der Waals surface area contributed by atoms with Crippen molar-refractivity contribution < 1.29 is 4.79 Å². The lowest BCUT2D eigenvalue weighted by Crippen LogP contribution is -2.36. The number of carbonyl (C=O) groups excluding carboxylic acids is 1. The summed E-state index contributed by atoms with van der Waals surface area (Å²) in [5, 5.41) is 6.39. The van der Waals surface area contributed by atoms with E-state index in [1.165, 1.54) is 11.1 Å². The molecule has 0 atom stereocenters. The molecule has 0 aromatic heterocycles. The van der Waals surface area contributed by atoms with Crippen LogP contribution in [0.4, 0.5) is 4.79 Å². The van der Waals surface area contributed by atoms with Crippen LogP contribution < -0.4 is 10.6 Å². The first-order chi connectivity index (χ1) is 10.1. The van der Waals surface area contributed by atoms with Crippen molar-refractivity contribution in [2.45, 2.75) is 19.9 Å². The van der Waals surface area contributed by atoms with Gasteiger partial charge in [-0.25, -0.2) is 4.79 Å². The van der Waals surface area contributed by atoms with Gasteiger partial charge in [-0.1, -0.05) is 48.0 Å². The lowest BCUT2D eigenvalue weighted by atomic mass is 10.1. The second-order valence-corrected chi connectivity index (χ2v) is 5.35. The number of carbonyl (C=O) groups is 1. The average molecular weight is 303 g/mol. The first-order valence-electron chi connectivity index (χ1n) is 6.96. The first kappa shape index (κ1) is 15.4. The fraction of sp³-hybridized carbons (Fsp3) is 0.235. The van der Waals surface area contributed by atoms with E-state index in [4.69, 9.17) is 11.6 Å².